The molecule has 5 heteroatoms. The first-order valence-corrected chi connectivity index (χ1v) is 6.59. The number of carbonyl (C=O) groups is 2. The molecule has 0 aromatic carbocycles. The van der Waals surface area contributed by atoms with Crippen LogP contribution in [0.1, 0.15) is 34.1 Å². The summed E-state index contributed by atoms with van der Waals surface area (Å²) in [5.74, 6) is -0.222. The summed E-state index contributed by atoms with van der Waals surface area (Å²) in [6, 6.07) is 0.188. The van der Waals surface area contributed by atoms with Crippen LogP contribution >= 0.6 is 0 Å². The van der Waals surface area contributed by atoms with Crippen molar-refractivity contribution in [3.05, 3.63) is 0 Å². The number of aliphatic hydroxyl groups is 1. The van der Waals surface area contributed by atoms with Gasteiger partial charge < -0.3 is 14.9 Å². The summed E-state index contributed by atoms with van der Waals surface area (Å²) in [7, 11) is 0. The van der Waals surface area contributed by atoms with Crippen LogP contribution in [0.5, 0.6) is 0 Å². The smallest absolute Gasteiger partial charge is 0.228 e. The lowest BCUT2D eigenvalue weighted by molar-refractivity contribution is -0.138. The molecule has 0 bridgehead atoms. The van der Waals surface area contributed by atoms with E-state index in [4.69, 9.17) is 5.11 Å². The molecule has 0 radical (unpaired) electrons. The van der Waals surface area contributed by atoms with Crippen molar-refractivity contribution in [2.45, 2.75) is 46.2 Å². The fourth-order valence-electron chi connectivity index (χ4n) is 2.36. The van der Waals surface area contributed by atoms with Gasteiger partial charge in [-0.2, -0.15) is 0 Å². The number of amides is 2. The lowest BCUT2D eigenvalue weighted by atomic mass is 10.1. The molecule has 0 aliphatic carbocycles. The number of likely N-dealkylation sites (tertiary alicyclic amines) is 1. The quantitative estimate of drug-likeness (QED) is 0.778. The fourth-order valence-corrected chi connectivity index (χ4v) is 2.36. The van der Waals surface area contributed by atoms with Gasteiger partial charge in [0.1, 0.15) is 0 Å². The summed E-state index contributed by atoms with van der Waals surface area (Å²) < 4.78 is 0. The number of aliphatic hydroxyl groups excluding tert-OH is 1. The molecule has 1 aliphatic rings. The minimum atomic E-state index is -0.256. The van der Waals surface area contributed by atoms with Crippen molar-refractivity contribution in [3.63, 3.8) is 0 Å². The standard InChI is InChI=1S/C13H24N2O3/c1-9(2)14(5-6-16)13(18)11-7-12(17)15(8-11)10(3)4/h9-11,16H,5-8H2,1-4H3. The molecule has 1 atom stereocenters. The Morgan fingerprint density at radius 2 is 2.06 bits per heavy atom. The van der Waals surface area contributed by atoms with Gasteiger partial charge in [0.2, 0.25) is 11.8 Å². The first kappa shape index (κ1) is 15.0. The molecule has 1 unspecified atom stereocenters. The number of hydrogen-bond acceptors (Lipinski definition) is 3. The van der Waals surface area contributed by atoms with Gasteiger partial charge in [-0.15, -0.1) is 0 Å². The summed E-state index contributed by atoms with van der Waals surface area (Å²) in [5, 5.41) is 9.00. The maximum absolute atomic E-state index is 12.3. The van der Waals surface area contributed by atoms with Crippen molar-refractivity contribution >= 4 is 11.8 Å². The summed E-state index contributed by atoms with van der Waals surface area (Å²) in [5.41, 5.74) is 0. The molecular formula is C13H24N2O3. The fraction of sp³-hybridized carbons (Fsp3) is 0.846. The second-order valence-corrected chi connectivity index (χ2v) is 5.39. The van der Waals surface area contributed by atoms with E-state index in [1.165, 1.54) is 0 Å². The Morgan fingerprint density at radius 3 is 2.44 bits per heavy atom. The van der Waals surface area contributed by atoms with E-state index in [2.05, 4.69) is 0 Å². The Balaban J connectivity index is 2.70. The van der Waals surface area contributed by atoms with E-state index in [0.717, 1.165) is 0 Å². The molecule has 1 saturated heterocycles. The van der Waals surface area contributed by atoms with E-state index in [0.29, 0.717) is 19.5 Å². The molecule has 104 valence electrons. The van der Waals surface area contributed by atoms with E-state index in [-0.39, 0.29) is 36.4 Å². The Hall–Kier alpha value is -1.10. The van der Waals surface area contributed by atoms with E-state index in [9.17, 15) is 9.59 Å². The number of carbonyl (C=O) groups excluding carboxylic acids is 2. The normalized spacial score (nSPS) is 20.1. The van der Waals surface area contributed by atoms with Crippen molar-refractivity contribution in [2.75, 3.05) is 19.7 Å². The van der Waals surface area contributed by atoms with Gasteiger partial charge in [-0.1, -0.05) is 0 Å². The highest BCUT2D eigenvalue weighted by Crippen LogP contribution is 2.22. The van der Waals surface area contributed by atoms with Crippen LogP contribution in [0.25, 0.3) is 0 Å². The number of hydrogen-bond donors (Lipinski definition) is 1. The first-order chi connectivity index (χ1) is 8.38. The van der Waals surface area contributed by atoms with Crippen LogP contribution in [0.15, 0.2) is 0 Å². The van der Waals surface area contributed by atoms with E-state index in [1.54, 1.807) is 9.80 Å². The van der Waals surface area contributed by atoms with Crippen molar-refractivity contribution in [2.24, 2.45) is 5.92 Å². The molecule has 2 amide bonds. The van der Waals surface area contributed by atoms with E-state index < -0.39 is 0 Å². The number of rotatable bonds is 5. The average Bonchev–Trinajstić information content (AvgIpc) is 2.67. The summed E-state index contributed by atoms with van der Waals surface area (Å²) in [6.45, 7) is 8.55. The molecule has 0 aromatic heterocycles. The van der Waals surface area contributed by atoms with Gasteiger partial charge in [-0.3, -0.25) is 9.59 Å². The van der Waals surface area contributed by atoms with Gasteiger partial charge in [0.15, 0.2) is 0 Å². The van der Waals surface area contributed by atoms with Crippen LogP contribution in [0.3, 0.4) is 0 Å². The molecule has 1 heterocycles. The van der Waals surface area contributed by atoms with Gasteiger partial charge in [-0.05, 0) is 27.7 Å². The molecule has 5 nitrogen and oxygen atoms in total. The van der Waals surface area contributed by atoms with Crippen LogP contribution in [0, 0.1) is 5.92 Å². The van der Waals surface area contributed by atoms with Crippen LogP contribution in [-0.2, 0) is 9.59 Å². The van der Waals surface area contributed by atoms with Gasteiger partial charge >= 0.3 is 0 Å². The molecular weight excluding hydrogens is 232 g/mol. The maximum Gasteiger partial charge on any atom is 0.228 e. The molecule has 1 N–H and O–H groups in total. The lowest BCUT2D eigenvalue weighted by Gasteiger charge is -2.29. The maximum atomic E-state index is 12.3. The number of nitrogens with zero attached hydrogens (tertiary/aromatic N) is 2. The zero-order chi connectivity index (χ0) is 13.9. The SMILES string of the molecule is CC(C)N1CC(C(=O)N(CCO)C(C)C)CC1=O. The summed E-state index contributed by atoms with van der Waals surface area (Å²) in [4.78, 5) is 27.5. The third-order valence-electron chi connectivity index (χ3n) is 3.38. The molecule has 18 heavy (non-hydrogen) atoms. The largest absolute Gasteiger partial charge is 0.395 e. The van der Waals surface area contributed by atoms with Crippen LogP contribution in [0.2, 0.25) is 0 Å². The van der Waals surface area contributed by atoms with E-state index in [1.807, 2.05) is 27.7 Å². The minimum absolute atomic E-state index is 0.0180. The Morgan fingerprint density at radius 1 is 1.44 bits per heavy atom. The average molecular weight is 256 g/mol. The van der Waals surface area contributed by atoms with Crippen LogP contribution in [-0.4, -0.2) is 58.5 Å². The molecule has 1 fully saturated rings. The van der Waals surface area contributed by atoms with Crippen LogP contribution in [0.4, 0.5) is 0 Å². The van der Waals surface area contributed by atoms with Crippen LogP contribution < -0.4 is 0 Å². The second kappa shape index (κ2) is 6.18. The Labute approximate surface area is 109 Å². The zero-order valence-corrected chi connectivity index (χ0v) is 11.7. The predicted octanol–water partition coefficient (Wildman–Crippen LogP) is 0.473. The Bertz CT molecular complexity index is 315. The zero-order valence-electron chi connectivity index (χ0n) is 11.7. The second-order valence-electron chi connectivity index (χ2n) is 5.39. The first-order valence-electron chi connectivity index (χ1n) is 6.59. The predicted molar refractivity (Wildman–Crippen MR) is 68.9 cm³/mol. The lowest BCUT2D eigenvalue weighted by Crippen LogP contribution is -2.43. The molecule has 0 aromatic rings. The summed E-state index contributed by atoms with van der Waals surface area (Å²) in [6.07, 6.45) is 0.297. The highest BCUT2D eigenvalue weighted by molar-refractivity contribution is 5.89. The van der Waals surface area contributed by atoms with Crippen molar-refractivity contribution in [1.82, 2.24) is 9.80 Å². The van der Waals surface area contributed by atoms with E-state index >= 15 is 0 Å². The van der Waals surface area contributed by atoms with Gasteiger partial charge in [-0.25, -0.2) is 0 Å². The molecule has 0 saturated carbocycles. The van der Waals surface area contributed by atoms with Crippen molar-refractivity contribution in [1.29, 1.82) is 0 Å². The van der Waals surface area contributed by atoms with Gasteiger partial charge in [0, 0.05) is 31.6 Å². The third kappa shape index (κ3) is 3.22. The summed E-state index contributed by atoms with van der Waals surface area (Å²) >= 11 is 0. The highest BCUT2D eigenvalue weighted by Gasteiger charge is 2.37. The van der Waals surface area contributed by atoms with Gasteiger partial charge in [0.05, 0.1) is 12.5 Å². The van der Waals surface area contributed by atoms with Crippen molar-refractivity contribution in [3.8, 4) is 0 Å². The monoisotopic (exact) mass is 256 g/mol. The molecule has 1 aliphatic heterocycles. The topological polar surface area (TPSA) is 60.9 Å². The third-order valence-corrected chi connectivity index (χ3v) is 3.38. The molecule has 0 spiro atoms. The Kier molecular flexibility index (Phi) is 5.14. The minimum Gasteiger partial charge on any atom is -0.395 e. The highest BCUT2D eigenvalue weighted by atomic mass is 16.3. The molecule has 1 rings (SSSR count). The van der Waals surface area contributed by atoms with Crippen molar-refractivity contribution < 1.29 is 14.7 Å². The van der Waals surface area contributed by atoms with Gasteiger partial charge in [0.25, 0.3) is 0 Å².